The first-order valence-corrected chi connectivity index (χ1v) is 10.4. The van der Waals surface area contributed by atoms with E-state index in [1.807, 2.05) is 25.6 Å². The Morgan fingerprint density at radius 2 is 2.25 bits per heavy atom. The third kappa shape index (κ3) is 4.21. The summed E-state index contributed by atoms with van der Waals surface area (Å²) >= 11 is 3.46. The Morgan fingerprint density at radius 1 is 1.45 bits per heavy atom. The summed E-state index contributed by atoms with van der Waals surface area (Å²) in [6.45, 7) is 6.10. The lowest BCUT2D eigenvalue weighted by atomic mass is 10.1. The zero-order valence-electron chi connectivity index (χ0n) is 11.9. The Bertz CT molecular complexity index is 534. The highest BCUT2D eigenvalue weighted by atomic mass is 32.2. The molecule has 0 amide bonds. The fourth-order valence-electron chi connectivity index (χ4n) is 2.18. The zero-order valence-corrected chi connectivity index (χ0v) is 14.4. The molecule has 1 aliphatic heterocycles. The third-order valence-electron chi connectivity index (χ3n) is 3.35. The molecule has 1 saturated heterocycles. The molecule has 0 aliphatic carbocycles. The van der Waals surface area contributed by atoms with Crippen LogP contribution in [0.4, 0.5) is 0 Å². The molecule has 2 N–H and O–H groups in total. The smallest absolute Gasteiger partial charge is 0.241 e. The second kappa shape index (κ2) is 7.26. The topological polar surface area (TPSA) is 58.2 Å². The van der Waals surface area contributed by atoms with Crippen molar-refractivity contribution in [1.29, 1.82) is 0 Å². The predicted octanol–water partition coefficient (Wildman–Crippen LogP) is 2.20. The number of aryl methyl sites for hydroxylation is 1. The molecule has 0 aromatic carbocycles. The van der Waals surface area contributed by atoms with Crippen molar-refractivity contribution in [2.45, 2.75) is 31.7 Å². The summed E-state index contributed by atoms with van der Waals surface area (Å²) in [5.74, 6) is 2.70. The highest BCUT2D eigenvalue weighted by Crippen LogP contribution is 2.27. The molecule has 1 fully saturated rings. The summed E-state index contributed by atoms with van der Waals surface area (Å²) in [6.07, 6.45) is 1.11. The van der Waals surface area contributed by atoms with E-state index in [0.717, 1.165) is 40.8 Å². The van der Waals surface area contributed by atoms with Crippen LogP contribution in [0.15, 0.2) is 11.0 Å². The molecule has 1 aromatic heterocycles. The molecule has 0 spiro atoms. The number of rotatable bonds is 7. The van der Waals surface area contributed by atoms with Crippen LogP contribution in [-0.2, 0) is 16.6 Å². The predicted molar refractivity (Wildman–Crippen MR) is 87.1 cm³/mol. The van der Waals surface area contributed by atoms with Gasteiger partial charge in [-0.05, 0) is 43.4 Å². The fourth-order valence-corrected chi connectivity index (χ4v) is 6.18. The van der Waals surface area contributed by atoms with Crippen LogP contribution < -0.4 is 10.0 Å². The summed E-state index contributed by atoms with van der Waals surface area (Å²) in [5.41, 5.74) is 0. The Labute approximate surface area is 129 Å². The Hall–Kier alpha value is -0.0800. The van der Waals surface area contributed by atoms with Crippen molar-refractivity contribution in [3.8, 4) is 0 Å². The van der Waals surface area contributed by atoms with Gasteiger partial charge in [0.05, 0.1) is 4.90 Å². The third-order valence-corrected chi connectivity index (χ3v) is 7.31. The lowest BCUT2D eigenvalue weighted by molar-refractivity contribution is 0.545. The van der Waals surface area contributed by atoms with Crippen molar-refractivity contribution in [1.82, 2.24) is 10.0 Å². The monoisotopic (exact) mass is 334 g/mol. The van der Waals surface area contributed by atoms with E-state index in [1.165, 1.54) is 0 Å². The lowest BCUT2D eigenvalue weighted by Gasteiger charge is -2.10. The molecule has 0 radical (unpaired) electrons. The number of hydrogen-bond acceptors (Lipinski definition) is 5. The molecule has 2 rings (SSSR count). The quantitative estimate of drug-likeness (QED) is 0.802. The first kappa shape index (κ1) is 16.3. The van der Waals surface area contributed by atoms with Crippen LogP contribution in [0, 0.1) is 12.8 Å². The van der Waals surface area contributed by atoms with Gasteiger partial charge < -0.3 is 5.32 Å². The van der Waals surface area contributed by atoms with E-state index < -0.39 is 10.0 Å². The average Bonchev–Trinajstić information content (AvgIpc) is 3.03. The second-order valence-electron chi connectivity index (χ2n) is 4.99. The van der Waals surface area contributed by atoms with Crippen LogP contribution in [0.2, 0.25) is 0 Å². The molecular formula is C13H22N2O2S3. The molecule has 4 nitrogen and oxygen atoms in total. The Balaban J connectivity index is 2.02. The van der Waals surface area contributed by atoms with Gasteiger partial charge in [-0.1, -0.05) is 6.92 Å². The van der Waals surface area contributed by atoms with Crippen LogP contribution in [-0.4, -0.2) is 33.0 Å². The molecule has 114 valence electrons. The van der Waals surface area contributed by atoms with Crippen LogP contribution in [0.1, 0.15) is 23.1 Å². The SMILES string of the molecule is CCNCc1cc(S(=O)(=O)NCC2CCSC2)c(C)s1. The van der Waals surface area contributed by atoms with Crippen LogP contribution in [0.25, 0.3) is 0 Å². The highest BCUT2D eigenvalue weighted by Gasteiger charge is 2.22. The minimum atomic E-state index is -3.36. The first-order valence-electron chi connectivity index (χ1n) is 6.90. The van der Waals surface area contributed by atoms with Crippen molar-refractivity contribution in [3.05, 3.63) is 15.8 Å². The first-order chi connectivity index (χ1) is 9.53. The average molecular weight is 335 g/mol. The summed E-state index contributed by atoms with van der Waals surface area (Å²) in [4.78, 5) is 2.38. The van der Waals surface area contributed by atoms with Gasteiger partial charge in [0.25, 0.3) is 0 Å². The molecule has 0 bridgehead atoms. The van der Waals surface area contributed by atoms with Crippen LogP contribution in [0.3, 0.4) is 0 Å². The van der Waals surface area contributed by atoms with Gasteiger partial charge in [0, 0.05) is 22.8 Å². The van der Waals surface area contributed by atoms with Gasteiger partial charge in [-0.25, -0.2) is 13.1 Å². The van der Waals surface area contributed by atoms with Crippen LogP contribution >= 0.6 is 23.1 Å². The van der Waals surface area contributed by atoms with Crippen molar-refractivity contribution < 1.29 is 8.42 Å². The van der Waals surface area contributed by atoms with E-state index in [1.54, 1.807) is 17.4 Å². The molecule has 20 heavy (non-hydrogen) atoms. The standard InChI is InChI=1S/C13H22N2O2S3/c1-3-14-8-12-6-13(10(2)19-12)20(16,17)15-7-11-4-5-18-9-11/h6,11,14-15H,3-5,7-9H2,1-2H3. The Kier molecular flexibility index (Phi) is 5.92. The number of hydrogen-bond donors (Lipinski definition) is 2. The van der Waals surface area contributed by atoms with E-state index in [9.17, 15) is 8.42 Å². The molecule has 1 atom stereocenters. The number of nitrogens with one attached hydrogen (secondary N) is 2. The Morgan fingerprint density at radius 3 is 2.90 bits per heavy atom. The molecule has 2 heterocycles. The highest BCUT2D eigenvalue weighted by molar-refractivity contribution is 7.99. The van der Waals surface area contributed by atoms with E-state index >= 15 is 0 Å². The van der Waals surface area contributed by atoms with Gasteiger partial charge in [-0.15, -0.1) is 11.3 Å². The second-order valence-corrected chi connectivity index (χ2v) is 9.22. The zero-order chi connectivity index (χ0) is 14.6. The minimum Gasteiger partial charge on any atom is -0.312 e. The molecule has 1 aromatic rings. The van der Waals surface area contributed by atoms with Gasteiger partial charge in [0.15, 0.2) is 0 Å². The van der Waals surface area contributed by atoms with Crippen molar-refractivity contribution >= 4 is 33.1 Å². The fraction of sp³-hybridized carbons (Fsp3) is 0.692. The van der Waals surface area contributed by atoms with Gasteiger partial charge in [-0.3, -0.25) is 0 Å². The van der Waals surface area contributed by atoms with Crippen molar-refractivity contribution in [3.63, 3.8) is 0 Å². The van der Waals surface area contributed by atoms with E-state index in [0.29, 0.717) is 17.4 Å². The number of sulfonamides is 1. The molecule has 0 saturated carbocycles. The number of thioether (sulfide) groups is 1. The van der Waals surface area contributed by atoms with Gasteiger partial charge >= 0.3 is 0 Å². The molecule has 1 unspecified atom stereocenters. The van der Waals surface area contributed by atoms with Crippen molar-refractivity contribution in [2.75, 3.05) is 24.6 Å². The van der Waals surface area contributed by atoms with E-state index in [2.05, 4.69) is 10.0 Å². The largest absolute Gasteiger partial charge is 0.312 e. The summed E-state index contributed by atoms with van der Waals surface area (Å²) < 4.78 is 27.5. The van der Waals surface area contributed by atoms with Gasteiger partial charge in [0.2, 0.25) is 10.0 Å². The summed E-state index contributed by atoms with van der Waals surface area (Å²) in [7, 11) is -3.36. The van der Waals surface area contributed by atoms with E-state index in [-0.39, 0.29) is 0 Å². The maximum Gasteiger partial charge on any atom is 0.241 e. The molecular weight excluding hydrogens is 312 g/mol. The minimum absolute atomic E-state index is 0.445. The molecule has 7 heteroatoms. The summed E-state index contributed by atoms with van der Waals surface area (Å²) in [5, 5.41) is 3.23. The number of thiophene rings is 1. The lowest BCUT2D eigenvalue weighted by Crippen LogP contribution is -2.29. The summed E-state index contributed by atoms with van der Waals surface area (Å²) in [6, 6.07) is 1.80. The molecule has 1 aliphatic rings. The maximum absolute atomic E-state index is 12.4. The van der Waals surface area contributed by atoms with Crippen molar-refractivity contribution in [2.24, 2.45) is 5.92 Å². The van der Waals surface area contributed by atoms with Gasteiger partial charge in [-0.2, -0.15) is 11.8 Å². The maximum atomic E-state index is 12.4. The van der Waals surface area contributed by atoms with Crippen LogP contribution in [0.5, 0.6) is 0 Å². The van der Waals surface area contributed by atoms with E-state index in [4.69, 9.17) is 0 Å². The van der Waals surface area contributed by atoms with Gasteiger partial charge in [0.1, 0.15) is 0 Å². The normalized spacial score (nSPS) is 19.6.